The van der Waals surface area contributed by atoms with Crippen molar-refractivity contribution in [2.24, 2.45) is 5.92 Å². The normalized spacial score (nSPS) is 24.7. The van der Waals surface area contributed by atoms with E-state index in [0.717, 1.165) is 80.9 Å². The number of piperazine rings is 1. The molecule has 0 spiro atoms. The number of morpholine rings is 1. The molecular weight excluding hydrogens is 472 g/mol. The summed E-state index contributed by atoms with van der Waals surface area (Å²) in [4.78, 5) is 28.9. The first-order valence-corrected chi connectivity index (χ1v) is 13.3. The summed E-state index contributed by atoms with van der Waals surface area (Å²) in [7, 11) is 1.80. The summed E-state index contributed by atoms with van der Waals surface area (Å²) in [6, 6.07) is 0.741. The van der Waals surface area contributed by atoms with Gasteiger partial charge in [0.25, 0.3) is 0 Å². The molecule has 3 saturated heterocycles. The standard InChI is InChI=1S/C25H36N10O2/c1-16-12-34(13-17(2)29-16)25-30-20-22(33-5-8-36-9-6-33)31-21(19-10-27-24(26-3)28-11-19)32-23(20)35(25)14-18-4-7-37-15-18/h10-11,16-18,29H,4-9,12-15H2,1-3H3,(H,26,27,28). The lowest BCUT2D eigenvalue weighted by Gasteiger charge is -2.37. The smallest absolute Gasteiger partial charge is 0.222 e. The molecule has 3 aromatic heterocycles. The first kappa shape index (κ1) is 24.3. The Labute approximate surface area is 216 Å². The molecule has 3 aromatic rings. The Hall–Kier alpha value is -3.09. The van der Waals surface area contributed by atoms with Gasteiger partial charge in [-0.05, 0) is 20.3 Å². The SMILES string of the molecule is CNc1ncc(-c2nc(N3CCOCC3)c3nc(N4CC(C)NC(C)C4)n(CC4CCOC4)c3n2)cn1. The molecule has 3 aliphatic heterocycles. The number of ether oxygens (including phenoxy) is 2. The van der Waals surface area contributed by atoms with Crippen LogP contribution in [0.1, 0.15) is 20.3 Å². The zero-order valence-electron chi connectivity index (χ0n) is 21.9. The number of hydrogen-bond acceptors (Lipinski definition) is 11. The Balaban J connectivity index is 1.52. The summed E-state index contributed by atoms with van der Waals surface area (Å²) < 4.78 is 13.7. The highest BCUT2D eigenvalue weighted by molar-refractivity contribution is 5.88. The monoisotopic (exact) mass is 508 g/mol. The number of aromatic nitrogens is 6. The lowest BCUT2D eigenvalue weighted by molar-refractivity contribution is 0.122. The van der Waals surface area contributed by atoms with Gasteiger partial charge in [-0.1, -0.05) is 0 Å². The van der Waals surface area contributed by atoms with Crippen LogP contribution in [0, 0.1) is 5.92 Å². The molecule has 12 nitrogen and oxygen atoms in total. The highest BCUT2D eigenvalue weighted by Gasteiger charge is 2.30. The minimum atomic E-state index is 0.370. The maximum absolute atomic E-state index is 5.74. The molecule has 3 unspecified atom stereocenters. The zero-order chi connectivity index (χ0) is 25.4. The number of nitrogens with zero attached hydrogens (tertiary/aromatic N) is 8. The van der Waals surface area contributed by atoms with Crippen molar-refractivity contribution in [1.29, 1.82) is 0 Å². The van der Waals surface area contributed by atoms with Gasteiger partial charge in [0.2, 0.25) is 11.9 Å². The second-order valence-corrected chi connectivity index (χ2v) is 10.3. The molecule has 0 saturated carbocycles. The second-order valence-electron chi connectivity index (χ2n) is 10.3. The average Bonchev–Trinajstić information content (AvgIpc) is 3.57. The third kappa shape index (κ3) is 4.92. The van der Waals surface area contributed by atoms with Crippen LogP contribution in [0.4, 0.5) is 17.7 Å². The summed E-state index contributed by atoms with van der Waals surface area (Å²) >= 11 is 0. The topological polar surface area (TPSA) is 118 Å². The third-order valence-electron chi connectivity index (χ3n) is 7.31. The Morgan fingerprint density at radius 1 is 0.973 bits per heavy atom. The van der Waals surface area contributed by atoms with Crippen molar-refractivity contribution in [2.75, 3.05) is 74.8 Å². The van der Waals surface area contributed by atoms with Gasteiger partial charge in [-0.25, -0.2) is 24.9 Å². The van der Waals surface area contributed by atoms with Crippen molar-refractivity contribution in [3.05, 3.63) is 12.4 Å². The molecule has 37 heavy (non-hydrogen) atoms. The molecule has 3 atom stereocenters. The van der Waals surface area contributed by atoms with E-state index in [4.69, 9.17) is 24.4 Å². The van der Waals surface area contributed by atoms with E-state index in [2.05, 4.69) is 48.8 Å². The summed E-state index contributed by atoms with van der Waals surface area (Å²) in [6.45, 7) is 11.5. The van der Waals surface area contributed by atoms with Crippen molar-refractivity contribution >= 4 is 28.9 Å². The van der Waals surface area contributed by atoms with Crippen LogP contribution in [-0.4, -0.2) is 101 Å². The predicted molar refractivity (Wildman–Crippen MR) is 142 cm³/mol. The molecule has 0 aromatic carbocycles. The van der Waals surface area contributed by atoms with Crippen LogP contribution in [0.3, 0.4) is 0 Å². The molecule has 0 radical (unpaired) electrons. The number of hydrogen-bond donors (Lipinski definition) is 2. The molecule has 2 N–H and O–H groups in total. The Bertz CT molecular complexity index is 1210. The first-order valence-electron chi connectivity index (χ1n) is 13.3. The van der Waals surface area contributed by atoms with Crippen molar-refractivity contribution in [3.63, 3.8) is 0 Å². The summed E-state index contributed by atoms with van der Waals surface area (Å²) in [5.41, 5.74) is 2.47. The average molecular weight is 509 g/mol. The molecule has 3 aliphatic rings. The number of imidazole rings is 1. The summed E-state index contributed by atoms with van der Waals surface area (Å²) in [5, 5.41) is 6.61. The van der Waals surface area contributed by atoms with Crippen LogP contribution in [-0.2, 0) is 16.0 Å². The molecule has 0 amide bonds. The third-order valence-corrected chi connectivity index (χ3v) is 7.31. The maximum Gasteiger partial charge on any atom is 0.222 e. The molecule has 6 rings (SSSR count). The first-order chi connectivity index (χ1) is 18.1. The molecular formula is C25H36N10O2. The summed E-state index contributed by atoms with van der Waals surface area (Å²) in [5.74, 6) is 3.41. The van der Waals surface area contributed by atoms with E-state index in [1.165, 1.54) is 0 Å². The van der Waals surface area contributed by atoms with E-state index >= 15 is 0 Å². The fraction of sp³-hybridized carbons (Fsp3) is 0.640. The van der Waals surface area contributed by atoms with Gasteiger partial charge in [0.1, 0.15) is 0 Å². The number of rotatable bonds is 6. The second kappa shape index (κ2) is 10.3. The molecule has 0 aliphatic carbocycles. The van der Waals surface area contributed by atoms with Gasteiger partial charge in [0.05, 0.1) is 25.4 Å². The van der Waals surface area contributed by atoms with Crippen molar-refractivity contribution < 1.29 is 9.47 Å². The van der Waals surface area contributed by atoms with Crippen LogP contribution in [0.15, 0.2) is 12.4 Å². The van der Waals surface area contributed by atoms with E-state index < -0.39 is 0 Å². The molecule has 0 bridgehead atoms. The van der Waals surface area contributed by atoms with Gasteiger partial charge in [-0.3, -0.25) is 4.57 Å². The van der Waals surface area contributed by atoms with Gasteiger partial charge < -0.3 is 29.9 Å². The maximum atomic E-state index is 5.74. The van der Waals surface area contributed by atoms with Crippen LogP contribution in [0.5, 0.6) is 0 Å². The van der Waals surface area contributed by atoms with Crippen LogP contribution < -0.4 is 20.4 Å². The quantitative estimate of drug-likeness (QED) is 0.503. The van der Waals surface area contributed by atoms with E-state index in [9.17, 15) is 0 Å². The lowest BCUT2D eigenvalue weighted by Crippen LogP contribution is -2.55. The van der Waals surface area contributed by atoms with Gasteiger partial charge >= 0.3 is 0 Å². The number of fused-ring (bicyclic) bond motifs is 1. The van der Waals surface area contributed by atoms with Crippen molar-refractivity contribution in [1.82, 2.24) is 34.8 Å². The Morgan fingerprint density at radius 3 is 2.41 bits per heavy atom. The highest BCUT2D eigenvalue weighted by Crippen LogP contribution is 2.33. The predicted octanol–water partition coefficient (Wildman–Crippen LogP) is 1.38. The number of nitrogens with one attached hydrogen (secondary N) is 2. The Morgan fingerprint density at radius 2 is 1.73 bits per heavy atom. The van der Waals surface area contributed by atoms with Gasteiger partial charge in [0, 0.05) is 76.8 Å². The molecule has 3 fully saturated rings. The van der Waals surface area contributed by atoms with E-state index in [1.807, 2.05) is 0 Å². The van der Waals surface area contributed by atoms with Gasteiger partial charge in [-0.15, -0.1) is 0 Å². The van der Waals surface area contributed by atoms with Crippen molar-refractivity contribution in [3.8, 4) is 11.4 Å². The van der Waals surface area contributed by atoms with E-state index in [-0.39, 0.29) is 0 Å². The highest BCUT2D eigenvalue weighted by atomic mass is 16.5. The van der Waals surface area contributed by atoms with Gasteiger partial charge in [-0.2, -0.15) is 0 Å². The fourth-order valence-corrected chi connectivity index (χ4v) is 5.56. The van der Waals surface area contributed by atoms with Crippen molar-refractivity contribution in [2.45, 2.75) is 38.9 Å². The fourth-order valence-electron chi connectivity index (χ4n) is 5.56. The molecule has 6 heterocycles. The minimum absolute atomic E-state index is 0.370. The van der Waals surface area contributed by atoms with Gasteiger partial charge in [0.15, 0.2) is 22.8 Å². The Kier molecular flexibility index (Phi) is 6.78. The lowest BCUT2D eigenvalue weighted by atomic mass is 10.1. The largest absolute Gasteiger partial charge is 0.381 e. The zero-order valence-corrected chi connectivity index (χ0v) is 21.9. The number of anilines is 3. The van der Waals surface area contributed by atoms with E-state index in [0.29, 0.717) is 43.0 Å². The summed E-state index contributed by atoms with van der Waals surface area (Å²) in [6.07, 6.45) is 4.59. The van der Waals surface area contributed by atoms with Crippen LogP contribution >= 0.6 is 0 Å². The van der Waals surface area contributed by atoms with Crippen LogP contribution in [0.2, 0.25) is 0 Å². The molecule has 198 valence electrons. The minimum Gasteiger partial charge on any atom is -0.381 e. The van der Waals surface area contributed by atoms with E-state index in [1.54, 1.807) is 19.4 Å². The van der Waals surface area contributed by atoms with Crippen LogP contribution in [0.25, 0.3) is 22.6 Å². The molecule has 12 heteroatoms.